The molecule has 2 N–H and O–H groups in total. The van der Waals surface area contributed by atoms with Gasteiger partial charge in [-0.25, -0.2) is 0 Å². The zero-order valence-electron chi connectivity index (χ0n) is 14.3. The summed E-state index contributed by atoms with van der Waals surface area (Å²) in [6, 6.07) is 23.3. The van der Waals surface area contributed by atoms with E-state index >= 15 is 0 Å². The van der Waals surface area contributed by atoms with Gasteiger partial charge in [0.1, 0.15) is 12.4 Å². The number of halogens is 1. The lowest BCUT2D eigenvalue weighted by Gasteiger charge is -2.12. The van der Waals surface area contributed by atoms with E-state index in [0.717, 1.165) is 10.0 Å². The molecule has 5 nitrogen and oxygen atoms in total. The van der Waals surface area contributed by atoms with Gasteiger partial charge in [0.25, 0.3) is 11.8 Å². The first-order chi connectivity index (χ1) is 13.1. The molecule has 0 heterocycles. The highest BCUT2D eigenvalue weighted by Gasteiger charge is 2.13. The van der Waals surface area contributed by atoms with Crippen LogP contribution in [0.2, 0.25) is 0 Å². The van der Waals surface area contributed by atoms with Crippen LogP contribution in [0.15, 0.2) is 83.3 Å². The number of carbonyl (C=O) groups excluding carboxylic acids is 2. The second-order valence-corrected chi connectivity index (χ2v) is 6.60. The lowest BCUT2D eigenvalue weighted by Crippen LogP contribution is -2.41. The number of amides is 2. The van der Waals surface area contributed by atoms with Crippen molar-refractivity contribution in [3.05, 3.63) is 100 Å². The summed E-state index contributed by atoms with van der Waals surface area (Å²) >= 11 is 3.42. The number of carbonyl (C=O) groups is 2. The lowest BCUT2D eigenvalue weighted by molar-refractivity contribution is 0.0844. The van der Waals surface area contributed by atoms with Crippen molar-refractivity contribution >= 4 is 27.7 Å². The Bertz CT molecular complexity index is 945. The summed E-state index contributed by atoms with van der Waals surface area (Å²) in [5, 5.41) is 0. The first kappa shape index (κ1) is 18.7. The molecule has 136 valence electrons. The Morgan fingerprint density at radius 2 is 1.52 bits per heavy atom. The highest BCUT2D eigenvalue weighted by Crippen LogP contribution is 2.20. The van der Waals surface area contributed by atoms with Crippen molar-refractivity contribution < 1.29 is 14.3 Å². The molecule has 6 heteroatoms. The van der Waals surface area contributed by atoms with Gasteiger partial charge in [0.2, 0.25) is 0 Å². The van der Waals surface area contributed by atoms with Crippen LogP contribution in [0.5, 0.6) is 5.75 Å². The van der Waals surface area contributed by atoms with Gasteiger partial charge < -0.3 is 4.74 Å². The molecule has 3 rings (SSSR count). The predicted octanol–water partition coefficient (Wildman–Crippen LogP) is 4.10. The normalized spacial score (nSPS) is 10.1. The number of benzene rings is 3. The van der Waals surface area contributed by atoms with Crippen molar-refractivity contribution in [2.75, 3.05) is 0 Å². The summed E-state index contributed by atoms with van der Waals surface area (Å²) in [5.41, 5.74) is 6.58. The fraction of sp³-hybridized carbons (Fsp3) is 0.0476. The summed E-state index contributed by atoms with van der Waals surface area (Å²) in [5.74, 6) is -0.412. The summed E-state index contributed by atoms with van der Waals surface area (Å²) in [4.78, 5) is 24.5. The minimum atomic E-state index is -0.455. The van der Waals surface area contributed by atoms with Gasteiger partial charge >= 0.3 is 0 Å². The van der Waals surface area contributed by atoms with Crippen LogP contribution in [-0.4, -0.2) is 11.8 Å². The van der Waals surface area contributed by atoms with Crippen molar-refractivity contribution in [3.8, 4) is 5.75 Å². The smallest absolute Gasteiger partial charge is 0.273 e. The van der Waals surface area contributed by atoms with Crippen LogP contribution in [0.3, 0.4) is 0 Å². The Morgan fingerprint density at radius 3 is 2.30 bits per heavy atom. The van der Waals surface area contributed by atoms with Crippen molar-refractivity contribution in [2.45, 2.75) is 6.61 Å². The zero-order valence-corrected chi connectivity index (χ0v) is 15.9. The van der Waals surface area contributed by atoms with E-state index in [1.165, 1.54) is 0 Å². The summed E-state index contributed by atoms with van der Waals surface area (Å²) in [7, 11) is 0. The molecule has 0 atom stereocenters. The molecule has 0 aliphatic carbocycles. The molecule has 0 aliphatic rings. The highest BCUT2D eigenvalue weighted by molar-refractivity contribution is 9.10. The fourth-order valence-corrected chi connectivity index (χ4v) is 2.86. The van der Waals surface area contributed by atoms with Crippen LogP contribution in [0.1, 0.15) is 26.3 Å². The topological polar surface area (TPSA) is 67.4 Å². The lowest BCUT2D eigenvalue weighted by atomic mass is 10.2. The molecule has 0 unspecified atom stereocenters. The Hall–Kier alpha value is -3.12. The number of hydrogen-bond acceptors (Lipinski definition) is 3. The van der Waals surface area contributed by atoms with Crippen LogP contribution in [-0.2, 0) is 6.61 Å². The maximum absolute atomic E-state index is 12.5. The minimum absolute atomic E-state index is 0.320. The minimum Gasteiger partial charge on any atom is -0.488 e. The van der Waals surface area contributed by atoms with Crippen LogP contribution in [0.25, 0.3) is 0 Å². The predicted molar refractivity (Wildman–Crippen MR) is 106 cm³/mol. The van der Waals surface area contributed by atoms with E-state index in [0.29, 0.717) is 23.5 Å². The molecule has 0 aromatic heterocycles. The van der Waals surface area contributed by atoms with Crippen molar-refractivity contribution in [1.29, 1.82) is 0 Å². The molecule has 0 saturated heterocycles. The van der Waals surface area contributed by atoms with Gasteiger partial charge in [0.05, 0.1) is 5.56 Å². The van der Waals surface area contributed by atoms with Gasteiger partial charge in [-0.3, -0.25) is 20.4 Å². The van der Waals surface area contributed by atoms with Crippen LogP contribution >= 0.6 is 15.9 Å². The molecule has 3 aromatic carbocycles. The Labute approximate surface area is 165 Å². The van der Waals surface area contributed by atoms with Gasteiger partial charge in [0, 0.05) is 10.0 Å². The molecule has 0 radical (unpaired) electrons. The van der Waals surface area contributed by atoms with E-state index in [-0.39, 0.29) is 0 Å². The first-order valence-electron chi connectivity index (χ1n) is 8.25. The Kier molecular flexibility index (Phi) is 6.22. The second-order valence-electron chi connectivity index (χ2n) is 5.69. The molecule has 2 amide bonds. The van der Waals surface area contributed by atoms with Gasteiger partial charge in [-0.05, 0) is 42.0 Å². The highest BCUT2D eigenvalue weighted by atomic mass is 79.9. The maximum atomic E-state index is 12.5. The van der Waals surface area contributed by atoms with Crippen LogP contribution in [0.4, 0.5) is 0 Å². The van der Waals surface area contributed by atoms with E-state index < -0.39 is 11.8 Å². The Balaban J connectivity index is 1.64. The largest absolute Gasteiger partial charge is 0.488 e. The molecule has 0 aliphatic heterocycles. The molecular formula is C21H17BrN2O3. The number of hydrazine groups is 1. The average Bonchev–Trinajstić information content (AvgIpc) is 2.71. The quantitative estimate of drug-likeness (QED) is 0.605. The van der Waals surface area contributed by atoms with Crippen LogP contribution in [0, 0.1) is 0 Å². The number of hydrogen-bond donors (Lipinski definition) is 2. The van der Waals surface area contributed by atoms with Gasteiger partial charge in [-0.15, -0.1) is 0 Å². The van der Waals surface area contributed by atoms with Crippen molar-refractivity contribution in [1.82, 2.24) is 10.9 Å². The number of para-hydroxylation sites is 1. The molecule has 0 fully saturated rings. The zero-order chi connectivity index (χ0) is 19.1. The molecule has 3 aromatic rings. The standard InChI is InChI=1S/C21H17BrN2O3/c22-17-10-6-7-15(13-17)14-27-19-12-5-4-11-18(19)21(26)24-23-20(25)16-8-2-1-3-9-16/h1-13H,14H2,(H,23,25)(H,24,26). The number of nitrogens with one attached hydrogen (secondary N) is 2. The second kappa shape index (κ2) is 9.00. The summed E-state index contributed by atoms with van der Waals surface area (Å²) in [6.45, 7) is 0.320. The van der Waals surface area contributed by atoms with Crippen molar-refractivity contribution in [2.24, 2.45) is 0 Å². The van der Waals surface area contributed by atoms with Crippen molar-refractivity contribution in [3.63, 3.8) is 0 Å². The maximum Gasteiger partial charge on any atom is 0.273 e. The summed E-state index contributed by atoms with van der Waals surface area (Å²) in [6.07, 6.45) is 0. The van der Waals surface area contributed by atoms with Gasteiger partial charge in [-0.2, -0.15) is 0 Å². The van der Waals surface area contributed by atoms with E-state index in [2.05, 4.69) is 26.8 Å². The van der Waals surface area contributed by atoms with E-state index in [1.807, 2.05) is 30.3 Å². The van der Waals surface area contributed by atoms with E-state index in [1.54, 1.807) is 48.5 Å². The molecular weight excluding hydrogens is 408 g/mol. The monoisotopic (exact) mass is 424 g/mol. The van der Waals surface area contributed by atoms with E-state index in [9.17, 15) is 9.59 Å². The average molecular weight is 425 g/mol. The molecule has 27 heavy (non-hydrogen) atoms. The third-order valence-corrected chi connectivity index (χ3v) is 4.23. The third-order valence-electron chi connectivity index (χ3n) is 3.74. The molecule has 0 bridgehead atoms. The van der Waals surface area contributed by atoms with Crippen LogP contribution < -0.4 is 15.6 Å². The first-order valence-corrected chi connectivity index (χ1v) is 9.05. The molecule has 0 spiro atoms. The number of ether oxygens (including phenoxy) is 1. The SMILES string of the molecule is O=C(NNC(=O)c1ccccc1OCc1cccc(Br)c1)c1ccccc1. The number of rotatable bonds is 5. The fourth-order valence-electron chi connectivity index (χ4n) is 2.41. The van der Waals surface area contributed by atoms with E-state index in [4.69, 9.17) is 4.74 Å². The third kappa shape index (κ3) is 5.18. The Morgan fingerprint density at radius 1 is 0.815 bits per heavy atom. The summed E-state index contributed by atoms with van der Waals surface area (Å²) < 4.78 is 6.75. The molecule has 0 saturated carbocycles. The van der Waals surface area contributed by atoms with Gasteiger partial charge in [0.15, 0.2) is 0 Å². The van der Waals surface area contributed by atoms with Gasteiger partial charge in [-0.1, -0.05) is 58.4 Å².